The lowest BCUT2D eigenvalue weighted by Crippen LogP contribution is -2.13. The lowest BCUT2D eigenvalue weighted by molar-refractivity contribution is 0.102. The molecule has 0 atom stereocenters. The van der Waals surface area contributed by atoms with Crippen molar-refractivity contribution in [3.8, 4) is 11.4 Å². The number of ether oxygens (including phenoxy) is 1. The van der Waals surface area contributed by atoms with Crippen LogP contribution in [0.4, 0.5) is 5.69 Å². The van der Waals surface area contributed by atoms with Crippen LogP contribution in [0.2, 0.25) is 10.0 Å². The number of carbonyl (C=O) groups excluding carboxylic acids is 1. The Hall–Kier alpha value is -3.09. The molecular weight excluding hydrogens is 399 g/mol. The second-order valence-corrected chi connectivity index (χ2v) is 6.79. The van der Waals surface area contributed by atoms with E-state index in [1.807, 2.05) is 30.3 Å². The second-order valence-electron chi connectivity index (χ2n) is 5.94. The summed E-state index contributed by atoms with van der Waals surface area (Å²) in [6.07, 6.45) is 0. The summed E-state index contributed by atoms with van der Waals surface area (Å²) in [4.78, 5) is 14.2. The van der Waals surface area contributed by atoms with Gasteiger partial charge < -0.3 is 10.1 Å². The molecule has 0 bridgehead atoms. The number of nitrogens with one attached hydrogen (secondary N) is 1. The summed E-state index contributed by atoms with van der Waals surface area (Å²) in [5.74, 6) is 0.0187. The maximum atomic E-state index is 12.7. The van der Waals surface area contributed by atoms with Crippen molar-refractivity contribution in [1.82, 2.24) is 15.0 Å². The summed E-state index contributed by atoms with van der Waals surface area (Å²) in [5.41, 5.74) is 2.76. The van der Waals surface area contributed by atoms with Gasteiger partial charge in [0.15, 0.2) is 0 Å². The van der Waals surface area contributed by atoms with Gasteiger partial charge in [-0.3, -0.25) is 4.79 Å². The van der Waals surface area contributed by atoms with Crippen LogP contribution in [0.3, 0.4) is 0 Å². The predicted octanol–water partition coefficient (Wildman–Crippen LogP) is 4.99. The Morgan fingerprint density at radius 1 is 1.00 bits per heavy atom. The number of aromatic nitrogens is 3. The summed E-state index contributed by atoms with van der Waals surface area (Å²) >= 11 is 12.4. The maximum Gasteiger partial charge on any atom is 0.259 e. The van der Waals surface area contributed by atoms with Crippen molar-refractivity contribution in [1.29, 1.82) is 0 Å². The molecule has 1 heterocycles. The second kappa shape index (κ2) is 7.50. The number of para-hydroxylation sites is 1. The summed E-state index contributed by atoms with van der Waals surface area (Å²) in [7, 11) is 1.49. The topological polar surface area (TPSA) is 69.0 Å². The number of hydrogen-bond acceptors (Lipinski definition) is 4. The fraction of sp³-hybridized carbons (Fsp3) is 0.0500. The van der Waals surface area contributed by atoms with Crippen LogP contribution in [0.5, 0.6) is 5.75 Å². The zero-order chi connectivity index (χ0) is 19.7. The number of rotatable bonds is 4. The Labute approximate surface area is 170 Å². The molecular formula is C20H14Cl2N4O2. The Morgan fingerprint density at radius 2 is 1.71 bits per heavy atom. The molecule has 6 nitrogen and oxygen atoms in total. The Kier molecular flexibility index (Phi) is 4.90. The Balaban J connectivity index is 1.68. The first-order valence-corrected chi connectivity index (χ1v) is 9.07. The van der Waals surface area contributed by atoms with Gasteiger partial charge in [0.25, 0.3) is 5.91 Å². The molecule has 1 amide bonds. The normalized spacial score (nSPS) is 10.8. The minimum Gasteiger partial charge on any atom is -0.496 e. The Bertz CT molecular complexity index is 1180. The van der Waals surface area contributed by atoms with Gasteiger partial charge in [-0.15, -0.1) is 10.2 Å². The quantitative estimate of drug-likeness (QED) is 0.512. The third kappa shape index (κ3) is 3.52. The first-order valence-electron chi connectivity index (χ1n) is 8.32. The number of nitrogens with zero attached hydrogens (tertiary/aromatic N) is 3. The van der Waals surface area contributed by atoms with E-state index in [0.717, 1.165) is 5.69 Å². The molecule has 0 aliphatic rings. The van der Waals surface area contributed by atoms with E-state index in [-0.39, 0.29) is 0 Å². The largest absolute Gasteiger partial charge is 0.496 e. The van der Waals surface area contributed by atoms with E-state index in [1.165, 1.54) is 18.0 Å². The van der Waals surface area contributed by atoms with Crippen LogP contribution in [-0.4, -0.2) is 28.0 Å². The molecule has 1 aromatic heterocycles. The summed E-state index contributed by atoms with van der Waals surface area (Å²) in [6.45, 7) is 0. The SMILES string of the molecule is COc1ccc(Cl)cc1C(=O)Nc1cc2nn(-c3ccccc3)nc2cc1Cl. The molecule has 4 rings (SSSR count). The van der Waals surface area contributed by atoms with Gasteiger partial charge in [-0.05, 0) is 42.5 Å². The van der Waals surface area contributed by atoms with Gasteiger partial charge in [-0.2, -0.15) is 4.80 Å². The molecule has 1 N–H and O–H groups in total. The van der Waals surface area contributed by atoms with Gasteiger partial charge in [0, 0.05) is 5.02 Å². The highest BCUT2D eigenvalue weighted by atomic mass is 35.5. The molecule has 0 aliphatic heterocycles. The molecule has 4 aromatic rings. The van der Waals surface area contributed by atoms with Crippen molar-refractivity contribution < 1.29 is 9.53 Å². The van der Waals surface area contributed by atoms with Crippen LogP contribution in [0.15, 0.2) is 60.7 Å². The summed E-state index contributed by atoms with van der Waals surface area (Å²) in [5, 5.41) is 12.5. The fourth-order valence-electron chi connectivity index (χ4n) is 2.76. The molecule has 0 fully saturated rings. The summed E-state index contributed by atoms with van der Waals surface area (Å²) < 4.78 is 5.23. The van der Waals surface area contributed by atoms with E-state index in [4.69, 9.17) is 27.9 Å². The van der Waals surface area contributed by atoms with E-state index in [0.29, 0.717) is 38.1 Å². The molecule has 140 valence electrons. The molecule has 0 spiro atoms. The highest BCUT2D eigenvalue weighted by molar-refractivity contribution is 6.35. The molecule has 8 heteroatoms. The van der Waals surface area contributed by atoms with E-state index < -0.39 is 5.91 Å². The highest BCUT2D eigenvalue weighted by Crippen LogP contribution is 2.29. The molecule has 0 aliphatic carbocycles. The maximum absolute atomic E-state index is 12.7. The van der Waals surface area contributed by atoms with Gasteiger partial charge in [-0.25, -0.2) is 0 Å². The van der Waals surface area contributed by atoms with E-state index in [9.17, 15) is 4.79 Å². The Morgan fingerprint density at radius 3 is 2.43 bits per heavy atom. The summed E-state index contributed by atoms with van der Waals surface area (Å²) in [6, 6.07) is 17.7. The van der Waals surface area contributed by atoms with Gasteiger partial charge in [0.1, 0.15) is 16.8 Å². The third-order valence-electron chi connectivity index (χ3n) is 4.11. The number of methoxy groups -OCH3 is 1. The van der Waals surface area contributed by atoms with Crippen LogP contribution in [0, 0.1) is 0 Å². The standard InChI is InChI=1S/C20H14Cl2N4O2/c1-28-19-8-7-12(21)9-14(19)20(27)23-16-11-18-17(10-15(16)22)24-26(25-18)13-5-3-2-4-6-13/h2-11H,1H3,(H,23,27). The van der Waals surface area contributed by atoms with Gasteiger partial charge in [0.05, 0.1) is 29.1 Å². The van der Waals surface area contributed by atoms with Crippen molar-refractivity contribution in [3.63, 3.8) is 0 Å². The minimum atomic E-state index is -0.393. The predicted molar refractivity (Wildman–Crippen MR) is 110 cm³/mol. The van der Waals surface area contributed by atoms with Crippen LogP contribution < -0.4 is 10.1 Å². The number of hydrogen-bond donors (Lipinski definition) is 1. The van der Waals surface area contributed by atoms with Crippen molar-refractivity contribution in [2.24, 2.45) is 0 Å². The molecule has 0 saturated heterocycles. The van der Waals surface area contributed by atoms with Crippen molar-refractivity contribution in [2.75, 3.05) is 12.4 Å². The molecule has 0 saturated carbocycles. The average Bonchev–Trinajstić information content (AvgIpc) is 3.11. The number of halogens is 2. The molecule has 3 aromatic carbocycles. The molecule has 28 heavy (non-hydrogen) atoms. The zero-order valence-electron chi connectivity index (χ0n) is 14.7. The highest BCUT2D eigenvalue weighted by Gasteiger charge is 2.16. The fourth-order valence-corrected chi connectivity index (χ4v) is 3.14. The van der Waals surface area contributed by atoms with Crippen molar-refractivity contribution in [3.05, 3.63) is 76.3 Å². The third-order valence-corrected chi connectivity index (χ3v) is 4.66. The molecule has 0 unspecified atom stereocenters. The number of benzene rings is 3. The van der Waals surface area contributed by atoms with E-state index >= 15 is 0 Å². The van der Waals surface area contributed by atoms with E-state index in [2.05, 4.69) is 15.5 Å². The zero-order valence-corrected chi connectivity index (χ0v) is 16.2. The first-order chi connectivity index (χ1) is 13.5. The molecule has 0 radical (unpaired) electrons. The first kappa shape index (κ1) is 18.3. The van der Waals surface area contributed by atoms with Crippen LogP contribution in [-0.2, 0) is 0 Å². The van der Waals surface area contributed by atoms with Crippen molar-refractivity contribution in [2.45, 2.75) is 0 Å². The smallest absolute Gasteiger partial charge is 0.259 e. The monoisotopic (exact) mass is 412 g/mol. The number of fused-ring (bicyclic) bond motifs is 1. The van der Waals surface area contributed by atoms with Crippen molar-refractivity contribution >= 4 is 45.8 Å². The van der Waals surface area contributed by atoms with Gasteiger partial charge in [-0.1, -0.05) is 41.4 Å². The van der Waals surface area contributed by atoms with Crippen LogP contribution >= 0.6 is 23.2 Å². The lowest BCUT2D eigenvalue weighted by Gasteiger charge is -2.10. The van der Waals surface area contributed by atoms with Gasteiger partial charge in [0.2, 0.25) is 0 Å². The lowest BCUT2D eigenvalue weighted by atomic mass is 10.1. The number of carbonyl (C=O) groups is 1. The van der Waals surface area contributed by atoms with Gasteiger partial charge >= 0.3 is 0 Å². The number of anilines is 1. The average molecular weight is 413 g/mol. The number of amides is 1. The van der Waals surface area contributed by atoms with Crippen LogP contribution in [0.25, 0.3) is 16.7 Å². The van der Waals surface area contributed by atoms with Crippen LogP contribution in [0.1, 0.15) is 10.4 Å². The minimum absolute atomic E-state index is 0.305. The van der Waals surface area contributed by atoms with E-state index in [1.54, 1.807) is 24.3 Å².